The largest absolute Gasteiger partial charge is 0.467 e. The molecule has 0 saturated carbocycles. The molecule has 0 aliphatic carbocycles. The van der Waals surface area contributed by atoms with Crippen molar-refractivity contribution in [3.63, 3.8) is 0 Å². The van der Waals surface area contributed by atoms with E-state index < -0.39 is 53.3 Å². The minimum atomic E-state index is -1.13. The molecule has 1 aromatic rings. The fourth-order valence-corrected chi connectivity index (χ4v) is 4.89. The Balaban J connectivity index is 2.16. The number of methoxy groups -OCH3 is 1. The van der Waals surface area contributed by atoms with Crippen LogP contribution in [0.25, 0.3) is 0 Å². The third kappa shape index (κ3) is 13.1. The summed E-state index contributed by atoms with van der Waals surface area (Å²) in [5.74, 6) is -1.22. The van der Waals surface area contributed by atoms with Crippen molar-refractivity contribution in [2.45, 2.75) is 109 Å². The van der Waals surface area contributed by atoms with Crippen molar-refractivity contribution < 1.29 is 33.8 Å². The van der Waals surface area contributed by atoms with Gasteiger partial charge in [-0.2, -0.15) is 0 Å². The predicted molar refractivity (Wildman–Crippen MR) is 173 cm³/mol. The van der Waals surface area contributed by atoms with Crippen LogP contribution in [0.5, 0.6) is 0 Å². The van der Waals surface area contributed by atoms with Gasteiger partial charge >= 0.3 is 12.1 Å². The monoisotopic (exact) mass is 628 g/mol. The summed E-state index contributed by atoms with van der Waals surface area (Å²) in [5, 5.41) is 18.7. The van der Waals surface area contributed by atoms with Crippen molar-refractivity contribution in [2.75, 3.05) is 20.2 Å². The lowest BCUT2D eigenvalue weighted by atomic mass is 9.99. The van der Waals surface area contributed by atoms with Gasteiger partial charge < -0.3 is 35.4 Å². The van der Waals surface area contributed by atoms with E-state index in [0.29, 0.717) is 38.6 Å². The third-order valence-electron chi connectivity index (χ3n) is 7.46. The molecule has 1 aliphatic rings. The molecular formula is C34H52N4O7. The topological polar surface area (TPSA) is 146 Å². The highest BCUT2D eigenvalue weighted by atomic mass is 16.6. The molecule has 4 N–H and O–H groups in total. The number of hydrogen-bond acceptors (Lipinski definition) is 8. The average molecular weight is 629 g/mol. The van der Waals surface area contributed by atoms with E-state index in [2.05, 4.69) is 22.5 Å². The van der Waals surface area contributed by atoms with Crippen LogP contribution in [0.1, 0.15) is 72.3 Å². The second kappa shape index (κ2) is 17.7. The van der Waals surface area contributed by atoms with Crippen molar-refractivity contribution >= 4 is 23.9 Å². The molecule has 0 unspecified atom stereocenters. The number of aliphatic hydroxyl groups excluding tert-OH is 1. The molecule has 11 nitrogen and oxygen atoms in total. The first-order valence-corrected chi connectivity index (χ1v) is 15.6. The molecule has 0 radical (unpaired) electrons. The molecular weight excluding hydrogens is 576 g/mol. The zero-order chi connectivity index (χ0) is 33.6. The van der Waals surface area contributed by atoms with E-state index in [9.17, 15) is 24.3 Å². The van der Waals surface area contributed by atoms with Gasteiger partial charge in [0.1, 0.15) is 17.7 Å². The minimum absolute atomic E-state index is 0.229. The molecule has 0 bridgehead atoms. The molecule has 250 valence electrons. The number of carbonyl (C=O) groups excluding carboxylic acids is 4. The highest BCUT2D eigenvalue weighted by molar-refractivity contribution is 5.93. The van der Waals surface area contributed by atoms with E-state index in [4.69, 9.17) is 9.47 Å². The smallest absolute Gasteiger partial charge is 0.407 e. The number of ether oxygens (including phenoxy) is 2. The van der Waals surface area contributed by atoms with Crippen molar-refractivity contribution in [1.29, 1.82) is 0 Å². The molecule has 1 saturated heterocycles. The van der Waals surface area contributed by atoms with Crippen molar-refractivity contribution in [1.82, 2.24) is 20.9 Å². The first-order valence-electron chi connectivity index (χ1n) is 15.6. The number of benzene rings is 1. The molecule has 1 aromatic carbocycles. The van der Waals surface area contributed by atoms with Gasteiger partial charge in [0.05, 0.1) is 18.8 Å². The van der Waals surface area contributed by atoms with Crippen LogP contribution in [0.15, 0.2) is 55.1 Å². The second-order valence-corrected chi connectivity index (χ2v) is 12.9. The molecule has 2 rings (SSSR count). The second-order valence-electron chi connectivity index (χ2n) is 12.9. The SMILES string of the molecule is C=C[C@H](O)CC/C=C/C[C@@H](CNC(C)(C)C(=O)N[C@@H](Cc1ccccc1)C(=O)N1CCC[C@@H]1C(=O)OC)NC(=O)OC(C)(C)C. The summed E-state index contributed by atoms with van der Waals surface area (Å²) in [4.78, 5) is 53.9. The molecule has 0 spiro atoms. The Morgan fingerprint density at radius 2 is 1.78 bits per heavy atom. The maximum Gasteiger partial charge on any atom is 0.407 e. The van der Waals surface area contributed by atoms with Crippen LogP contribution in [0.3, 0.4) is 0 Å². The van der Waals surface area contributed by atoms with Crippen LogP contribution < -0.4 is 16.0 Å². The van der Waals surface area contributed by atoms with Gasteiger partial charge in [0.2, 0.25) is 11.8 Å². The van der Waals surface area contributed by atoms with Gasteiger partial charge in [0.15, 0.2) is 0 Å². The zero-order valence-corrected chi connectivity index (χ0v) is 27.6. The molecule has 45 heavy (non-hydrogen) atoms. The zero-order valence-electron chi connectivity index (χ0n) is 27.6. The van der Waals surface area contributed by atoms with Gasteiger partial charge in [-0.15, -0.1) is 6.58 Å². The highest BCUT2D eigenvalue weighted by Crippen LogP contribution is 2.21. The number of alkyl carbamates (subject to hydrolysis) is 1. The van der Waals surface area contributed by atoms with E-state index >= 15 is 0 Å². The Morgan fingerprint density at radius 1 is 1.09 bits per heavy atom. The van der Waals surface area contributed by atoms with Crippen molar-refractivity contribution in [2.24, 2.45) is 0 Å². The minimum Gasteiger partial charge on any atom is -0.467 e. The molecule has 1 fully saturated rings. The van der Waals surface area contributed by atoms with E-state index in [1.807, 2.05) is 42.5 Å². The maximum atomic E-state index is 13.8. The molecule has 3 amide bonds. The van der Waals surface area contributed by atoms with E-state index in [1.165, 1.54) is 18.1 Å². The molecule has 1 aliphatic heterocycles. The maximum absolute atomic E-state index is 13.8. The number of carbonyl (C=O) groups is 4. The summed E-state index contributed by atoms with van der Waals surface area (Å²) in [6, 6.07) is 7.37. The van der Waals surface area contributed by atoms with Crippen LogP contribution in [0.4, 0.5) is 4.79 Å². The van der Waals surface area contributed by atoms with Gasteiger partial charge in [-0.05, 0) is 72.3 Å². The fourth-order valence-electron chi connectivity index (χ4n) is 4.89. The summed E-state index contributed by atoms with van der Waals surface area (Å²) < 4.78 is 10.4. The first-order chi connectivity index (χ1) is 21.2. The van der Waals surface area contributed by atoms with Crippen LogP contribution in [0.2, 0.25) is 0 Å². The number of hydrogen-bond donors (Lipinski definition) is 4. The number of aliphatic hydroxyl groups is 1. The van der Waals surface area contributed by atoms with Crippen LogP contribution in [-0.4, -0.2) is 89.5 Å². The number of likely N-dealkylation sites (tertiary alicyclic amines) is 1. The summed E-state index contributed by atoms with van der Waals surface area (Å²) in [5.41, 5.74) is -0.946. The van der Waals surface area contributed by atoms with Crippen LogP contribution in [-0.2, 0) is 30.3 Å². The standard InChI is InChI=1S/C34H52N4O7/c1-8-26(39)19-14-10-13-18-25(36-32(43)45-33(2,3)4)23-35-34(5,6)31(42)37-27(22-24-16-11-9-12-17-24)29(40)38-21-15-20-28(38)30(41)44-7/h8-13,16-17,25-28,35,39H,1,14-15,18-23H2,2-7H3,(H,36,43)(H,37,42)/b13-10+/t25-,26-,27-,28+/m0/s1. The quantitative estimate of drug-likeness (QED) is 0.161. The lowest BCUT2D eigenvalue weighted by Crippen LogP contribution is -2.61. The van der Waals surface area contributed by atoms with E-state index in [0.717, 1.165) is 5.56 Å². The fraction of sp³-hybridized carbons (Fsp3) is 0.588. The van der Waals surface area contributed by atoms with Crippen LogP contribution in [0, 0.1) is 0 Å². The summed E-state index contributed by atoms with van der Waals surface area (Å²) in [6.07, 6.45) is 7.21. The van der Waals surface area contributed by atoms with Gasteiger partial charge in [0, 0.05) is 25.6 Å². The summed E-state index contributed by atoms with van der Waals surface area (Å²) >= 11 is 0. The van der Waals surface area contributed by atoms with Gasteiger partial charge in [0.25, 0.3) is 0 Å². The van der Waals surface area contributed by atoms with Crippen LogP contribution >= 0.6 is 0 Å². The van der Waals surface area contributed by atoms with Crippen molar-refractivity contribution in [3.8, 4) is 0 Å². The Hall–Kier alpha value is -3.70. The lowest BCUT2D eigenvalue weighted by molar-refractivity contribution is -0.152. The lowest BCUT2D eigenvalue weighted by Gasteiger charge is -2.32. The third-order valence-corrected chi connectivity index (χ3v) is 7.46. The number of rotatable bonds is 16. The van der Waals surface area contributed by atoms with E-state index in [1.54, 1.807) is 34.6 Å². The number of allylic oxidation sites excluding steroid dienone is 1. The van der Waals surface area contributed by atoms with Gasteiger partial charge in [-0.3, -0.25) is 9.59 Å². The molecule has 1 heterocycles. The number of esters is 1. The number of amides is 3. The summed E-state index contributed by atoms with van der Waals surface area (Å²) in [7, 11) is 1.30. The van der Waals surface area contributed by atoms with E-state index in [-0.39, 0.29) is 18.9 Å². The predicted octanol–water partition coefficient (Wildman–Crippen LogP) is 3.41. The number of nitrogens with one attached hydrogen (secondary N) is 3. The summed E-state index contributed by atoms with van der Waals surface area (Å²) in [6.45, 7) is 13.0. The molecule has 4 atom stereocenters. The highest BCUT2D eigenvalue weighted by Gasteiger charge is 2.40. The average Bonchev–Trinajstić information content (AvgIpc) is 3.48. The normalized spacial score (nSPS) is 17.3. The molecule has 0 aromatic heterocycles. The molecule has 11 heteroatoms. The first kappa shape index (κ1) is 37.5. The van der Waals surface area contributed by atoms with Gasteiger partial charge in [-0.25, -0.2) is 9.59 Å². The Labute approximate surface area is 267 Å². The Kier molecular flexibility index (Phi) is 14.7. The Bertz CT molecular complexity index is 1160. The number of nitrogens with zero attached hydrogens (tertiary/aromatic N) is 1. The van der Waals surface area contributed by atoms with Crippen molar-refractivity contribution in [3.05, 3.63) is 60.7 Å². The van der Waals surface area contributed by atoms with Gasteiger partial charge in [-0.1, -0.05) is 48.6 Å². The Morgan fingerprint density at radius 3 is 2.40 bits per heavy atom.